The molecule has 17 heavy (non-hydrogen) atoms. The van der Waals surface area contributed by atoms with E-state index in [9.17, 15) is 13.9 Å². The minimum absolute atomic E-state index is 0.242. The number of ether oxygens (including phenoxy) is 1. The molecule has 0 heterocycles. The zero-order valence-corrected chi connectivity index (χ0v) is 10.3. The topological polar surface area (TPSA) is 29.5 Å². The number of halogens is 2. The van der Waals surface area contributed by atoms with Gasteiger partial charge in [-0.1, -0.05) is 13.0 Å². The molecule has 4 heteroatoms. The molecule has 0 aromatic heterocycles. The normalized spacial score (nSPS) is 14.7. The minimum Gasteiger partial charge on any atom is -0.388 e. The maximum atomic E-state index is 13.8. The Morgan fingerprint density at radius 2 is 2.00 bits per heavy atom. The van der Waals surface area contributed by atoms with Crippen LogP contribution in [0.3, 0.4) is 0 Å². The van der Waals surface area contributed by atoms with Gasteiger partial charge in [0.05, 0.1) is 11.7 Å². The number of methoxy groups -OCH3 is 1. The summed E-state index contributed by atoms with van der Waals surface area (Å²) in [6, 6.07) is 2.54. The van der Waals surface area contributed by atoms with E-state index in [0.717, 1.165) is 0 Å². The summed E-state index contributed by atoms with van der Waals surface area (Å²) in [6.07, 6.45) is -0.602. The average molecular weight is 244 g/mol. The molecular weight excluding hydrogens is 226 g/mol. The van der Waals surface area contributed by atoms with Crippen molar-refractivity contribution in [3.8, 4) is 0 Å². The Morgan fingerprint density at radius 3 is 2.59 bits per heavy atom. The van der Waals surface area contributed by atoms with Gasteiger partial charge in [0.2, 0.25) is 0 Å². The summed E-state index contributed by atoms with van der Waals surface area (Å²) in [5, 5.41) is 9.97. The van der Waals surface area contributed by atoms with Gasteiger partial charge in [0.25, 0.3) is 0 Å². The molecule has 0 saturated heterocycles. The van der Waals surface area contributed by atoms with E-state index in [2.05, 4.69) is 0 Å². The Hall–Kier alpha value is -1.00. The molecule has 2 nitrogen and oxygen atoms in total. The van der Waals surface area contributed by atoms with Crippen molar-refractivity contribution >= 4 is 0 Å². The second-order valence-corrected chi connectivity index (χ2v) is 4.30. The molecule has 96 valence electrons. The molecule has 1 rings (SSSR count). The standard InChI is InChI=1S/C13H18F2O2/c1-8-4-5-10(14)11(12(8)15)13(16)9(2)6-7-17-3/h4-5,9,13,16H,6-7H2,1-3H3. The molecule has 0 aliphatic heterocycles. The first-order chi connectivity index (χ1) is 7.99. The van der Waals surface area contributed by atoms with E-state index in [0.29, 0.717) is 18.6 Å². The van der Waals surface area contributed by atoms with Gasteiger partial charge in [-0.2, -0.15) is 0 Å². The van der Waals surface area contributed by atoms with E-state index in [1.807, 2.05) is 0 Å². The third-order valence-corrected chi connectivity index (χ3v) is 2.93. The van der Waals surface area contributed by atoms with Crippen LogP contribution < -0.4 is 0 Å². The van der Waals surface area contributed by atoms with Crippen molar-refractivity contribution in [2.24, 2.45) is 5.92 Å². The lowest BCUT2D eigenvalue weighted by Gasteiger charge is -2.20. The summed E-state index contributed by atoms with van der Waals surface area (Å²) >= 11 is 0. The molecule has 1 aromatic rings. The summed E-state index contributed by atoms with van der Waals surface area (Å²) < 4.78 is 32.2. The molecular formula is C13H18F2O2. The summed E-state index contributed by atoms with van der Waals surface area (Å²) in [5.41, 5.74) is 0.0907. The first-order valence-corrected chi connectivity index (χ1v) is 5.60. The summed E-state index contributed by atoms with van der Waals surface area (Å²) in [7, 11) is 1.55. The fraction of sp³-hybridized carbons (Fsp3) is 0.538. The zero-order chi connectivity index (χ0) is 13.0. The van der Waals surface area contributed by atoms with Gasteiger partial charge < -0.3 is 9.84 Å². The molecule has 1 N–H and O–H groups in total. The molecule has 0 aliphatic rings. The lowest BCUT2D eigenvalue weighted by Crippen LogP contribution is -2.15. The van der Waals surface area contributed by atoms with Crippen LogP contribution in [0.25, 0.3) is 0 Å². The summed E-state index contributed by atoms with van der Waals surface area (Å²) in [5.74, 6) is -1.63. The predicted octanol–water partition coefficient (Wildman–Crippen LogP) is 2.98. The molecule has 1 aromatic carbocycles. The van der Waals surface area contributed by atoms with Crippen molar-refractivity contribution in [1.29, 1.82) is 0 Å². The summed E-state index contributed by atoms with van der Waals surface area (Å²) in [6.45, 7) is 3.74. The van der Waals surface area contributed by atoms with Crippen molar-refractivity contribution in [2.75, 3.05) is 13.7 Å². The third kappa shape index (κ3) is 3.23. The van der Waals surface area contributed by atoms with E-state index in [1.54, 1.807) is 21.0 Å². The minimum atomic E-state index is -1.15. The molecule has 0 bridgehead atoms. The van der Waals surface area contributed by atoms with Gasteiger partial charge >= 0.3 is 0 Å². The van der Waals surface area contributed by atoms with Crippen LogP contribution >= 0.6 is 0 Å². The first-order valence-electron chi connectivity index (χ1n) is 5.60. The van der Waals surface area contributed by atoms with Crippen molar-refractivity contribution < 1.29 is 18.6 Å². The smallest absolute Gasteiger partial charge is 0.134 e. The zero-order valence-electron chi connectivity index (χ0n) is 10.3. The third-order valence-electron chi connectivity index (χ3n) is 2.93. The van der Waals surface area contributed by atoms with Crippen LogP contribution in [0.15, 0.2) is 12.1 Å². The van der Waals surface area contributed by atoms with Gasteiger partial charge in [-0.15, -0.1) is 0 Å². The molecule has 2 unspecified atom stereocenters. The van der Waals surface area contributed by atoms with E-state index in [-0.39, 0.29) is 11.5 Å². The molecule has 0 radical (unpaired) electrons. The Kier molecular flexibility index (Phi) is 5.02. The number of rotatable bonds is 5. The maximum Gasteiger partial charge on any atom is 0.134 e. The number of aryl methyl sites for hydroxylation is 1. The number of hydrogen-bond acceptors (Lipinski definition) is 2. The van der Waals surface area contributed by atoms with Crippen LogP contribution in [-0.4, -0.2) is 18.8 Å². The second kappa shape index (κ2) is 6.07. The van der Waals surface area contributed by atoms with Crippen LogP contribution in [0.1, 0.15) is 30.6 Å². The van der Waals surface area contributed by atoms with Gasteiger partial charge in [-0.25, -0.2) is 8.78 Å². The highest BCUT2D eigenvalue weighted by Crippen LogP contribution is 2.29. The number of aliphatic hydroxyl groups excluding tert-OH is 1. The fourth-order valence-electron chi connectivity index (χ4n) is 1.70. The Labute approximate surface area is 100 Å². The van der Waals surface area contributed by atoms with Gasteiger partial charge in [0.1, 0.15) is 11.6 Å². The largest absolute Gasteiger partial charge is 0.388 e. The quantitative estimate of drug-likeness (QED) is 0.862. The van der Waals surface area contributed by atoms with E-state index in [1.165, 1.54) is 12.1 Å². The lowest BCUT2D eigenvalue weighted by atomic mass is 9.93. The number of benzene rings is 1. The summed E-state index contributed by atoms with van der Waals surface area (Å²) in [4.78, 5) is 0. The van der Waals surface area contributed by atoms with Crippen LogP contribution in [0, 0.1) is 24.5 Å². The lowest BCUT2D eigenvalue weighted by molar-refractivity contribution is 0.0827. The highest BCUT2D eigenvalue weighted by Gasteiger charge is 2.24. The van der Waals surface area contributed by atoms with Gasteiger partial charge in [0.15, 0.2) is 0 Å². The SMILES string of the molecule is COCCC(C)C(O)c1c(F)ccc(C)c1F. The molecule has 0 amide bonds. The van der Waals surface area contributed by atoms with Crippen LogP contribution in [0.2, 0.25) is 0 Å². The number of hydrogen-bond donors (Lipinski definition) is 1. The van der Waals surface area contributed by atoms with Crippen molar-refractivity contribution in [2.45, 2.75) is 26.4 Å². The molecule has 0 saturated carbocycles. The molecule has 0 aliphatic carbocycles. The molecule has 0 fully saturated rings. The number of aliphatic hydroxyl groups is 1. The monoisotopic (exact) mass is 244 g/mol. The van der Waals surface area contributed by atoms with Crippen LogP contribution in [0.5, 0.6) is 0 Å². The first kappa shape index (κ1) is 14.1. The Balaban J connectivity index is 2.95. The average Bonchev–Trinajstić information content (AvgIpc) is 2.31. The van der Waals surface area contributed by atoms with E-state index >= 15 is 0 Å². The van der Waals surface area contributed by atoms with Crippen LogP contribution in [0.4, 0.5) is 8.78 Å². The fourth-order valence-corrected chi connectivity index (χ4v) is 1.70. The molecule has 2 atom stereocenters. The van der Waals surface area contributed by atoms with Crippen molar-refractivity contribution in [3.63, 3.8) is 0 Å². The predicted molar refractivity (Wildman–Crippen MR) is 61.7 cm³/mol. The van der Waals surface area contributed by atoms with Crippen molar-refractivity contribution in [1.82, 2.24) is 0 Å². The Bertz CT molecular complexity index is 380. The van der Waals surface area contributed by atoms with E-state index < -0.39 is 17.7 Å². The highest BCUT2D eigenvalue weighted by molar-refractivity contribution is 5.28. The van der Waals surface area contributed by atoms with Gasteiger partial charge in [0, 0.05) is 13.7 Å². The van der Waals surface area contributed by atoms with Crippen molar-refractivity contribution in [3.05, 3.63) is 34.9 Å². The maximum absolute atomic E-state index is 13.8. The Morgan fingerprint density at radius 1 is 1.35 bits per heavy atom. The van der Waals surface area contributed by atoms with E-state index in [4.69, 9.17) is 4.74 Å². The highest BCUT2D eigenvalue weighted by atomic mass is 19.1. The van der Waals surface area contributed by atoms with Gasteiger partial charge in [-0.3, -0.25) is 0 Å². The molecule has 0 spiro atoms. The second-order valence-electron chi connectivity index (χ2n) is 4.30. The van der Waals surface area contributed by atoms with Crippen LogP contribution in [-0.2, 0) is 4.74 Å². The van der Waals surface area contributed by atoms with Gasteiger partial charge in [-0.05, 0) is 30.9 Å².